The highest BCUT2D eigenvalue weighted by Crippen LogP contribution is 2.32. The summed E-state index contributed by atoms with van der Waals surface area (Å²) in [7, 11) is 0. The molecule has 0 saturated carbocycles. The Morgan fingerprint density at radius 3 is 3.43 bits per heavy atom. The van der Waals surface area contributed by atoms with E-state index >= 15 is 0 Å². The van der Waals surface area contributed by atoms with Gasteiger partial charge >= 0.3 is 0 Å². The zero-order valence-corrected chi connectivity index (χ0v) is 7.10. The molecule has 1 aromatic rings. The van der Waals surface area contributed by atoms with Crippen molar-refractivity contribution >= 4 is 0 Å². The predicted octanol–water partition coefficient (Wildman–Crippen LogP) is 1.57. The van der Waals surface area contributed by atoms with Gasteiger partial charge in [0.25, 0.3) is 0 Å². The maximum Gasteiger partial charge on any atom is 0.231 e. The quantitative estimate of drug-likeness (QED) is 0.810. The largest absolute Gasteiger partial charge is 0.454 e. The second-order valence-corrected chi connectivity index (χ2v) is 2.70. The van der Waals surface area contributed by atoms with Gasteiger partial charge in [-0.15, -0.1) is 0 Å². The van der Waals surface area contributed by atoms with Crippen LogP contribution in [-0.2, 0) is 6.42 Å². The molecule has 3 nitrogen and oxygen atoms in total. The second kappa shape index (κ2) is 3.88. The number of rotatable bonds is 3. The van der Waals surface area contributed by atoms with Crippen molar-refractivity contribution in [1.29, 1.82) is 0 Å². The molecule has 1 N–H and O–H groups in total. The van der Waals surface area contributed by atoms with Crippen LogP contribution in [0.5, 0.6) is 11.5 Å². The molecule has 1 aromatic carbocycles. The Morgan fingerprint density at radius 1 is 1.64 bits per heavy atom. The summed E-state index contributed by atoms with van der Waals surface area (Å²) in [6.07, 6.45) is -0.557. The van der Waals surface area contributed by atoms with E-state index in [1.54, 1.807) is 0 Å². The molecule has 0 aromatic heterocycles. The molecule has 1 unspecified atom stereocenters. The Morgan fingerprint density at radius 2 is 2.57 bits per heavy atom. The molecule has 0 bridgehead atoms. The second-order valence-electron chi connectivity index (χ2n) is 2.70. The van der Waals surface area contributed by atoms with Crippen molar-refractivity contribution in [3.63, 3.8) is 0 Å². The van der Waals surface area contributed by atoms with Gasteiger partial charge < -0.3 is 14.8 Å². The lowest BCUT2D eigenvalue weighted by molar-refractivity contribution is 0.174. The first-order chi connectivity index (χ1) is 11.1. The first-order valence-electron chi connectivity index (χ1n) is 9.41. The van der Waals surface area contributed by atoms with Gasteiger partial charge in [0, 0.05) is 14.3 Å². The summed E-state index contributed by atoms with van der Waals surface area (Å²) in [6.45, 7) is -8.12. The van der Waals surface area contributed by atoms with E-state index in [0.29, 0.717) is 0 Å². The van der Waals surface area contributed by atoms with Crippen LogP contribution in [0.4, 0.5) is 0 Å². The van der Waals surface area contributed by atoms with E-state index in [2.05, 4.69) is 0 Å². The van der Waals surface area contributed by atoms with Crippen LogP contribution in [0.15, 0.2) is 18.1 Å². The molecule has 0 radical (unpaired) electrons. The summed E-state index contributed by atoms with van der Waals surface area (Å²) < 4.78 is 92.1. The van der Waals surface area contributed by atoms with Gasteiger partial charge in [-0.25, -0.2) is 0 Å². The molecular weight excluding hydrogens is 178 g/mol. The van der Waals surface area contributed by atoms with Gasteiger partial charge in [0.1, 0.15) is 2.74 Å². The molecule has 2 rings (SSSR count). The highest BCUT2D eigenvalue weighted by Gasteiger charge is 2.13. The first kappa shape index (κ1) is 2.89. The maximum atomic E-state index is 8.04. The Labute approximate surface area is 99.5 Å². The van der Waals surface area contributed by atoms with E-state index < -0.39 is 62.7 Å². The summed E-state index contributed by atoms with van der Waals surface area (Å²) in [5, 5.41) is 1.97. The zero-order valence-electron chi connectivity index (χ0n) is 18.1. The first-order valence-corrected chi connectivity index (χ1v) is 3.91. The molecule has 76 valence electrons. The van der Waals surface area contributed by atoms with Gasteiger partial charge in [0.05, 0.1) is 4.11 Å². The Bertz CT molecular complexity index is 682. The highest BCUT2D eigenvalue weighted by molar-refractivity contribution is 5.44. The molecular formula is C11H15NO2. The third-order valence-corrected chi connectivity index (χ3v) is 1.67. The van der Waals surface area contributed by atoms with Crippen molar-refractivity contribution < 1.29 is 24.6 Å². The molecule has 0 aliphatic carbocycles. The van der Waals surface area contributed by atoms with Gasteiger partial charge in [-0.2, -0.15) is 0 Å². The van der Waals surface area contributed by atoms with Gasteiger partial charge in [-0.1, -0.05) is 6.04 Å². The van der Waals surface area contributed by atoms with Crippen molar-refractivity contribution in [2.24, 2.45) is 0 Å². The molecule has 1 heterocycles. The van der Waals surface area contributed by atoms with Crippen LogP contribution in [-0.4, -0.2) is 19.8 Å². The molecule has 1 atom stereocenters. The number of nitrogens with one attached hydrogen (secondary N) is 1. The maximum absolute atomic E-state index is 8.04. The van der Waals surface area contributed by atoms with E-state index in [9.17, 15) is 0 Å². The van der Waals surface area contributed by atoms with Crippen molar-refractivity contribution in [2.45, 2.75) is 19.3 Å². The number of hydrogen-bond acceptors (Lipinski definition) is 3. The smallest absolute Gasteiger partial charge is 0.231 e. The Hall–Kier alpha value is -1.22. The summed E-state index contributed by atoms with van der Waals surface area (Å²) in [5.41, 5.74) is -0.247. The van der Waals surface area contributed by atoms with E-state index in [4.69, 9.17) is 24.6 Å². The fraction of sp³-hybridized carbons (Fsp3) is 0.455. The molecule has 0 saturated heterocycles. The van der Waals surface area contributed by atoms with E-state index in [-0.39, 0.29) is 5.56 Å². The van der Waals surface area contributed by atoms with Crippen molar-refractivity contribution in [2.75, 3.05) is 13.7 Å². The number of likely N-dealkylation sites (N-methyl/N-ethyl adjacent to an activating group) is 1. The fourth-order valence-corrected chi connectivity index (χ4v) is 1.02. The van der Waals surface area contributed by atoms with Crippen LogP contribution in [0.1, 0.15) is 27.5 Å². The van der Waals surface area contributed by atoms with E-state index in [0.717, 1.165) is 0 Å². The van der Waals surface area contributed by atoms with E-state index in [1.807, 2.05) is 5.32 Å². The van der Waals surface area contributed by atoms with Crippen LogP contribution in [0, 0.1) is 0 Å². The average molecular weight is 204 g/mol. The minimum atomic E-state index is -2.76. The number of hydrogen-bond donors (Lipinski definition) is 1. The van der Waals surface area contributed by atoms with Crippen molar-refractivity contribution in [1.82, 2.24) is 5.32 Å². The molecule has 14 heavy (non-hydrogen) atoms. The van der Waals surface area contributed by atoms with Crippen molar-refractivity contribution in [3.05, 3.63) is 23.7 Å². The van der Waals surface area contributed by atoms with Gasteiger partial charge in [-0.05, 0) is 37.9 Å². The monoisotopic (exact) mass is 204 g/mol. The van der Waals surface area contributed by atoms with Crippen molar-refractivity contribution in [3.8, 4) is 11.5 Å². The van der Waals surface area contributed by atoms with Crippen LogP contribution in [0.25, 0.3) is 0 Å². The number of fused-ring (bicyclic) bond motifs is 1. The third kappa shape index (κ3) is 1.82. The Kier molecular flexibility index (Phi) is 0.801. The standard InChI is InChI=1S/C11H15NO2/c1-8(12-2)5-9-3-4-10-11(6-9)14-7-13-10/h3-4,6,8,12H,5,7H2,1-2H3/i1D3,2D3,3D,4D,6D,7D2. The molecule has 3 heteroatoms. The lowest BCUT2D eigenvalue weighted by Gasteiger charge is -2.09. The van der Waals surface area contributed by atoms with Crippen LogP contribution in [0.2, 0.25) is 0 Å². The number of benzene rings is 1. The minimum Gasteiger partial charge on any atom is -0.454 e. The predicted molar refractivity (Wildman–Crippen MR) is 54.8 cm³/mol. The van der Waals surface area contributed by atoms with Crippen LogP contribution < -0.4 is 14.8 Å². The topological polar surface area (TPSA) is 30.5 Å². The number of ether oxygens (including phenoxy) is 2. The summed E-state index contributed by atoms with van der Waals surface area (Å²) in [6, 6.07) is -3.24. The summed E-state index contributed by atoms with van der Waals surface area (Å²) in [4.78, 5) is 0. The summed E-state index contributed by atoms with van der Waals surface area (Å²) >= 11 is 0. The van der Waals surface area contributed by atoms with E-state index in [1.165, 1.54) is 0 Å². The lowest BCUT2D eigenvalue weighted by atomic mass is 10.1. The minimum absolute atomic E-state index is 0.247. The molecule has 0 fully saturated rings. The zero-order chi connectivity index (χ0) is 19.4. The third-order valence-electron chi connectivity index (χ3n) is 1.67. The SMILES string of the molecule is [2H]c1c([2H])c2c(c([2H])c1CC(NC([2H])([2H])[2H])C([2H])([2H])[2H])OC([2H])([2H])O2. The Balaban J connectivity index is 2.48. The van der Waals surface area contributed by atoms with Gasteiger partial charge in [-0.3, -0.25) is 0 Å². The highest BCUT2D eigenvalue weighted by atomic mass is 16.7. The molecule has 1 aliphatic heterocycles. The fourth-order valence-electron chi connectivity index (χ4n) is 1.02. The molecule has 0 amide bonds. The lowest BCUT2D eigenvalue weighted by Crippen LogP contribution is -2.23. The van der Waals surface area contributed by atoms with Gasteiger partial charge in [0.15, 0.2) is 11.5 Å². The molecule has 0 spiro atoms. The van der Waals surface area contributed by atoms with Crippen LogP contribution >= 0.6 is 0 Å². The van der Waals surface area contributed by atoms with Crippen LogP contribution in [0.3, 0.4) is 0 Å². The normalized spacial score (nSPS) is 32.4. The summed E-state index contributed by atoms with van der Waals surface area (Å²) in [5.74, 6) is -0.836. The average Bonchev–Trinajstić information content (AvgIpc) is 2.73. The molecule has 1 aliphatic rings. The van der Waals surface area contributed by atoms with Gasteiger partial charge in [0.2, 0.25) is 6.75 Å².